The number of guanidine groups is 1. The average Bonchev–Trinajstić information content (AvgIpc) is 3.35. The smallest absolute Gasteiger partial charge is 0.253 e. The molecular weight excluding hydrogens is 471 g/mol. The molecule has 1 aromatic carbocycles. The van der Waals surface area contributed by atoms with Gasteiger partial charge in [-0.05, 0) is 37.0 Å². The van der Waals surface area contributed by atoms with E-state index in [0.717, 1.165) is 56.2 Å². The zero-order chi connectivity index (χ0) is 19.1. The molecule has 0 saturated carbocycles. The van der Waals surface area contributed by atoms with Crippen molar-refractivity contribution in [2.24, 2.45) is 10.9 Å². The van der Waals surface area contributed by atoms with Crippen molar-refractivity contribution in [1.82, 2.24) is 10.2 Å². The Morgan fingerprint density at radius 1 is 1.39 bits per heavy atom. The molecule has 0 radical (unpaired) electrons. The highest BCUT2D eigenvalue weighted by atomic mass is 127. The quantitative estimate of drug-likeness (QED) is 0.355. The number of carbonyl (C=O) groups excluding carboxylic acids is 1. The zero-order valence-corrected chi connectivity index (χ0v) is 19.0. The van der Waals surface area contributed by atoms with Crippen LogP contribution >= 0.6 is 24.0 Å². The Bertz CT molecular complexity index is 665. The van der Waals surface area contributed by atoms with Crippen LogP contribution in [-0.2, 0) is 20.8 Å². The van der Waals surface area contributed by atoms with Gasteiger partial charge >= 0.3 is 0 Å². The lowest BCUT2D eigenvalue weighted by molar-refractivity contribution is -0.124. The third-order valence-electron chi connectivity index (χ3n) is 5.07. The van der Waals surface area contributed by atoms with Gasteiger partial charge in [0.25, 0.3) is 5.91 Å². The van der Waals surface area contributed by atoms with Gasteiger partial charge in [-0.25, -0.2) is 0 Å². The molecule has 2 aliphatic heterocycles. The third-order valence-corrected chi connectivity index (χ3v) is 5.07. The molecule has 2 fully saturated rings. The molecule has 8 heteroatoms. The number of carbonyl (C=O) groups is 1. The summed E-state index contributed by atoms with van der Waals surface area (Å²) in [5, 5.41) is 6.38. The van der Waals surface area contributed by atoms with Gasteiger partial charge in [-0.2, -0.15) is 0 Å². The molecule has 3 rings (SSSR count). The number of rotatable bonds is 6. The molecule has 0 aromatic heterocycles. The van der Waals surface area contributed by atoms with E-state index in [1.165, 1.54) is 0 Å². The van der Waals surface area contributed by atoms with Crippen LogP contribution in [0.15, 0.2) is 29.3 Å². The number of nitrogens with one attached hydrogen (secondary N) is 2. The Balaban J connectivity index is 0.00000280. The van der Waals surface area contributed by atoms with E-state index in [1.54, 1.807) is 7.11 Å². The Labute approximate surface area is 184 Å². The summed E-state index contributed by atoms with van der Waals surface area (Å²) in [6.45, 7) is 4.07. The number of hydrogen-bond donors (Lipinski definition) is 2. The lowest BCUT2D eigenvalue weighted by Crippen LogP contribution is -2.39. The van der Waals surface area contributed by atoms with Crippen LogP contribution < -0.4 is 10.6 Å². The maximum Gasteiger partial charge on any atom is 0.253 e. The molecule has 1 amide bonds. The number of benzene rings is 1. The Kier molecular flexibility index (Phi) is 9.46. The van der Waals surface area contributed by atoms with Crippen molar-refractivity contribution in [3.05, 3.63) is 29.8 Å². The van der Waals surface area contributed by atoms with Gasteiger partial charge in [-0.1, -0.05) is 12.1 Å². The molecule has 1 aromatic rings. The summed E-state index contributed by atoms with van der Waals surface area (Å²) in [7, 11) is 3.56. The van der Waals surface area contributed by atoms with Crippen LogP contribution in [-0.4, -0.2) is 63.3 Å². The largest absolute Gasteiger partial charge is 0.384 e. The van der Waals surface area contributed by atoms with Gasteiger partial charge in [0.1, 0.15) is 6.10 Å². The fourth-order valence-corrected chi connectivity index (χ4v) is 3.68. The molecule has 2 N–H and O–H groups in total. The van der Waals surface area contributed by atoms with E-state index in [9.17, 15) is 4.79 Å². The van der Waals surface area contributed by atoms with E-state index >= 15 is 0 Å². The van der Waals surface area contributed by atoms with Crippen molar-refractivity contribution in [1.29, 1.82) is 0 Å². The lowest BCUT2D eigenvalue weighted by Gasteiger charge is -2.22. The molecule has 0 aliphatic carbocycles. The third kappa shape index (κ3) is 6.31. The maximum atomic E-state index is 12.2. The van der Waals surface area contributed by atoms with E-state index < -0.39 is 0 Å². The normalized spacial score (nSPS) is 22.1. The monoisotopic (exact) mass is 502 g/mol. The van der Waals surface area contributed by atoms with E-state index in [2.05, 4.69) is 20.5 Å². The number of likely N-dealkylation sites (tertiary alicyclic amines) is 1. The summed E-state index contributed by atoms with van der Waals surface area (Å²) in [5.74, 6) is 1.40. The van der Waals surface area contributed by atoms with Crippen LogP contribution in [0.2, 0.25) is 0 Å². The molecule has 28 heavy (non-hydrogen) atoms. The highest BCUT2D eigenvalue weighted by Gasteiger charge is 2.25. The highest BCUT2D eigenvalue weighted by Crippen LogP contribution is 2.18. The first-order chi connectivity index (χ1) is 13.2. The number of halogens is 1. The van der Waals surface area contributed by atoms with Crippen molar-refractivity contribution in [3.8, 4) is 0 Å². The second-order valence-electron chi connectivity index (χ2n) is 7.15. The van der Waals surface area contributed by atoms with Crippen LogP contribution in [0.25, 0.3) is 0 Å². The predicted octanol–water partition coefficient (Wildman–Crippen LogP) is 2.47. The Morgan fingerprint density at radius 3 is 2.96 bits per heavy atom. The number of methoxy groups -OCH3 is 1. The summed E-state index contributed by atoms with van der Waals surface area (Å²) in [5.41, 5.74) is 1.89. The SMILES string of the molecule is CN=C(NCc1cccc(NC(=O)C2CCCO2)c1)N1CCC(COC)C1.I. The topological polar surface area (TPSA) is 75.2 Å². The average molecular weight is 502 g/mol. The molecular formula is C20H31IN4O3. The number of hydrogen-bond acceptors (Lipinski definition) is 4. The fraction of sp³-hybridized carbons (Fsp3) is 0.600. The highest BCUT2D eigenvalue weighted by molar-refractivity contribution is 14.0. The zero-order valence-electron chi connectivity index (χ0n) is 16.6. The minimum absolute atomic E-state index is 0. The van der Waals surface area contributed by atoms with Crippen LogP contribution in [0, 0.1) is 5.92 Å². The van der Waals surface area contributed by atoms with Crippen LogP contribution in [0.4, 0.5) is 5.69 Å². The van der Waals surface area contributed by atoms with Gasteiger partial charge in [-0.3, -0.25) is 9.79 Å². The first-order valence-electron chi connectivity index (χ1n) is 9.65. The van der Waals surface area contributed by atoms with Crippen molar-refractivity contribution >= 4 is 41.5 Å². The van der Waals surface area contributed by atoms with E-state index in [0.29, 0.717) is 19.1 Å². The van der Waals surface area contributed by atoms with Crippen LogP contribution in [0.1, 0.15) is 24.8 Å². The first kappa shape index (κ1) is 22.9. The van der Waals surface area contributed by atoms with E-state index in [1.807, 2.05) is 31.3 Å². The first-order valence-corrected chi connectivity index (χ1v) is 9.65. The summed E-state index contributed by atoms with van der Waals surface area (Å²) >= 11 is 0. The van der Waals surface area contributed by atoms with Crippen molar-refractivity contribution in [2.45, 2.75) is 31.9 Å². The molecule has 0 bridgehead atoms. The molecule has 7 nitrogen and oxygen atoms in total. The number of ether oxygens (including phenoxy) is 2. The van der Waals surface area contributed by atoms with Crippen molar-refractivity contribution < 1.29 is 14.3 Å². The number of nitrogens with zero attached hydrogens (tertiary/aromatic N) is 2. The minimum Gasteiger partial charge on any atom is -0.384 e. The van der Waals surface area contributed by atoms with E-state index in [4.69, 9.17) is 9.47 Å². The summed E-state index contributed by atoms with van der Waals surface area (Å²) in [6.07, 6.45) is 2.55. The number of anilines is 1. The van der Waals surface area contributed by atoms with Gasteiger partial charge in [0.05, 0.1) is 6.61 Å². The second-order valence-corrected chi connectivity index (χ2v) is 7.15. The van der Waals surface area contributed by atoms with Crippen molar-refractivity contribution in [2.75, 3.05) is 45.8 Å². The fourth-order valence-electron chi connectivity index (χ4n) is 3.68. The standard InChI is InChI=1S/C20H30N4O3.HI/c1-21-20(24-9-8-16(13-24)14-26-2)22-12-15-5-3-6-17(11-15)23-19(25)18-7-4-10-27-18;/h3,5-6,11,16,18H,4,7-10,12-14H2,1-2H3,(H,21,22)(H,23,25);1H. The summed E-state index contributed by atoms with van der Waals surface area (Å²) < 4.78 is 10.7. The maximum absolute atomic E-state index is 12.2. The molecule has 156 valence electrons. The van der Waals surface area contributed by atoms with E-state index in [-0.39, 0.29) is 36.0 Å². The summed E-state index contributed by atoms with van der Waals surface area (Å²) in [6, 6.07) is 7.89. The van der Waals surface area contributed by atoms with Gasteiger partial charge in [-0.15, -0.1) is 24.0 Å². The molecule has 2 heterocycles. The van der Waals surface area contributed by atoms with Crippen molar-refractivity contribution in [3.63, 3.8) is 0 Å². The summed E-state index contributed by atoms with van der Waals surface area (Å²) in [4.78, 5) is 18.9. The molecule has 2 saturated heterocycles. The Morgan fingerprint density at radius 2 is 2.25 bits per heavy atom. The number of aliphatic imine (C=N–C) groups is 1. The second kappa shape index (κ2) is 11.6. The molecule has 2 atom stereocenters. The predicted molar refractivity (Wildman–Crippen MR) is 121 cm³/mol. The van der Waals surface area contributed by atoms with Crippen LogP contribution in [0.5, 0.6) is 0 Å². The lowest BCUT2D eigenvalue weighted by atomic mass is 10.1. The van der Waals surface area contributed by atoms with Gasteiger partial charge in [0.2, 0.25) is 0 Å². The molecule has 2 aliphatic rings. The minimum atomic E-state index is -0.319. The van der Waals surface area contributed by atoms with Crippen LogP contribution in [0.3, 0.4) is 0 Å². The van der Waals surface area contributed by atoms with Gasteiger partial charge in [0.15, 0.2) is 5.96 Å². The van der Waals surface area contributed by atoms with Gasteiger partial charge < -0.3 is 25.0 Å². The molecule has 2 unspecified atom stereocenters. The Hall–Kier alpha value is -1.39. The molecule has 0 spiro atoms. The number of amides is 1. The van der Waals surface area contributed by atoms with Gasteiger partial charge in [0, 0.05) is 52.0 Å².